The van der Waals surface area contributed by atoms with Crippen LogP contribution in [0.25, 0.3) is 0 Å². The van der Waals surface area contributed by atoms with Gasteiger partial charge in [0.15, 0.2) is 0 Å². The number of piperidine rings is 1. The Balaban J connectivity index is 1.63. The molecule has 0 radical (unpaired) electrons. The minimum Gasteiger partial charge on any atom is -0.316 e. The number of hydrogen-bond donors (Lipinski definition) is 1. The van der Waals surface area contributed by atoms with E-state index in [9.17, 15) is 0 Å². The molecule has 0 aromatic carbocycles. The maximum atomic E-state index is 3.73. The first-order valence-electron chi connectivity index (χ1n) is 7.07. The van der Waals surface area contributed by atoms with Crippen molar-refractivity contribution in [3.05, 3.63) is 0 Å². The Kier molecular flexibility index (Phi) is 4.26. The van der Waals surface area contributed by atoms with E-state index < -0.39 is 0 Å². The zero-order chi connectivity index (χ0) is 11.4. The molecule has 2 heteroatoms. The van der Waals surface area contributed by atoms with Gasteiger partial charge in [-0.25, -0.2) is 0 Å². The molecular formula is C14H28N2. The van der Waals surface area contributed by atoms with Crippen molar-refractivity contribution in [1.82, 2.24) is 10.2 Å². The summed E-state index contributed by atoms with van der Waals surface area (Å²) >= 11 is 0. The van der Waals surface area contributed by atoms with Gasteiger partial charge >= 0.3 is 0 Å². The molecule has 16 heavy (non-hydrogen) atoms. The third kappa shape index (κ3) is 3.46. The lowest BCUT2D eigenvalue weighted by atomic mass is 9.88. The van der Waals surface area contributed by atoms with E-state index in [1.54, 1.807) is 0 Å². The predicted molar refractivity (Wildman–Crippen MR) is 69.7 cm³/mol. The Morgan fingerprint density at radius 3 is 2.69 bits per heavy atom. The van der Waals surface area contributed by atoms with Gasteiger partial charge in [-0.15, -0.1) is 0 Å². The summed E-state index contributed by atoms with van der Waals surface area (Å²) in [5.41, 5.74) is 0.612. The fraction of sp³-hybridized carbons (Fsp3) is 1.00. The van der Waals surface area contributed by atoms with E-state index in [0.717, 1.165) is 5.92 Å². The quantitative estimate of drug-likeness (QED) is 0.789. The van der Waals surface area contributed by atoms with Gasteiger partial charge in [0, 0.05) is 13.1 Å². The van der Waals surface area contributed by atoms with Gasteiger partial charge in [0.2, 0.25) is 0 Å². The first kappa shape index (κ1) is 12.4. The predicted octanol–water partition coefficient (Wildman–Crippen LogP) is 2.50. The molecule has 2 fully saturated rings. The van der Waals surface area contributed by atoms with Gasteiger partial charge in [0.05, 0.1) is 0 Å². The lowest BCUT2D eigenvalue weighted by molar-refractivity contribution is 0.199. The zero-order valence-corrected chi connectivity index (χ0v) is 11.1. The van der Waals surface area contributed by atoms with Crippen LogP contribution in [-0.4, -0.2) is 38.1 Å². The van der Waals surface area contributed by atoms with Crippen molar-refractivity contribution in [3.63, 3.8) is 0 Å². The number of rotatable bonds is 4. The molecule has 1 aliphatic heterocycles. The number of likely N-dealkylation sites (tertiary alicyclic amines) is 1. The van der Waals surface area contributed by atoms with Gasteiger partial charge in [-0.2, -0.15) is 0 Å². The number of hydrogen-bond acceptors (Lipinski definition) is 2. The Morgan fingerprint density at radius 1 is 1.25 bits per heavy atom. The largest absolute Gasteiger partial charge is 0.316 e. The van der Waals surface area contributed by atoms with Gasteiger partial charge in [-0.3, -0.25) is 0 Å². The second-order valence-electron chi connectivity index (χ2n) is 6.42. The average Bonchev–Trinajstić information content (AvgIpc) is 2.65. The Morgan fingerprint density at radius 2 is 2.00 bits per heavy atom. The molecule has 1 N–H and O–H groups in total. The van der Waals surface area contributed by atoms with Crippen LogP contribution in [0.15, 0.2) is 0 Å². The van der Waals surface area contributed by atoms with Crippen LogP contribution in [0.2, 0.25) is 0 Å². The van der Waals surface area contributed by atoms with Crippen LogP contribution in [0.4, 0.5) is 0 Å². The Hall–Kier alpha value is -0.0800. The van der Waals surface area contributed by atoms with E-state index in [1.807, 2.05) is 0 Å². The normalized spacial score (nSPS) is 30.8. The van der Waals surface area contributed by atoms with Crippen molar-refractivity contribution in [2.24, 2.45) is 11.3 Å². The molecule has 0 bridgehead atoms. The summed E-state index contributed by atoms with van der Waals surface area (Å²) in [4.78, 5) is 2.48. The van der Waals surface area contributed by atoms with Crippen LogP contribution < -0.4 is 5.32 Å². The summed E-state index contributed by atoms with van der Waals surface area (Å²) < 4.78 is 0. The van der Waals surface area contributed by atoms with Crippen LogP contribution in [0, 0.1) is 11.3 Å². The molecular weight excluding hydrogens is 196 g/mol. The first-order chi connectivity index (χ1) is 7.68. The van der Waals surface area contributed by atoms with Crippen LogP contribution in [0.1, 0.15) is 45.4 Å². The molecule has 2 nitrogen and oxygen atoms in total. The molecule has 1 saturated heterocycles. The maximum Gasteiger partial charge on any atom is 0.00187 e. The lowest BCUT2D eigenvalue weighted by Crippen LogP contribution is -2.39. The molecule has 0 spiro atoms. The van der Waals surface area contributed by atoms with Crippen molar-refractivity contribution >= 4 is 0 Å². The molecule has 1 aliphatic carbocycles. The minimum absolute atomic E-state index is 0.612. The third-order valence-electron chi connectivity index (χ3n) is 4.52. The van der Waals surface area contributed by atoms with E-state index in [4.69, 9.17) is 0 Å². The summed E-state index contributed by atoms with van der Waals surface area (Å²) in [7, 11) is 2.25. The van der Waals surface area contributed by atoms with Crippen LogP contribution in [-0.2, 0) is 0 Å². The summed E-state index contributed by atoms with van der Waals surface area (Å²) in [6.45, 7) is 7.53. The van der Waals surface area contributed by atoms with Crippen LogP contribution in [0.3, 0.4) is 0 Å². The van der Waals surface area contributed by atoms with E-state index >= 15 is 0 Å². The van der Waals surface area contributed by atoms with Crippen LogP contribution >= 0.6 is 0 Å². The van der Waals surface area contributed by atoms with Gasteiger partial charge in [0.25, 0.3) is 0 Å². The second-order valence-corrected chi connectivity index (χ2v) is 6.42. The van der Waals surface area contributed by atoms with E-state index in [2.05, 4.69) is 24.2 Å². The van der Waals surface area contributed by atoms with Gasteiger partial charge < -0.3 is 10.2 Å². The topological polar surface area (TPSA) is 15.3 Å². The van der Waals surface area contributed by atoms with Gasteiger partial charge in [-0.1, -0.05) is 19.8 Å². The number of nitrogens with zero attached hydrogens (tertiary/aromatic N) is 1. The highest BCUT2D eigenvalue weighted by Gasteiger charge is 2.28. The number of nitrogens with one attached hydrogen (secondary N) is 1. The molecule has 0 aromatic heterocycles. The van der Waals surface area contributed by atoms with Crippen LogP contribution in [0.5, 0.6) is 0 Å². The summed E-state index contributed by atoms with van der Waals surface area (Å²) in [5.74, 6) is 0.892. The van der Waals surface area contributed by atoms with Crippen molar-refractivity contribution < 1.29 is 0 Å². The van der Waals surface area contributed by atoms with Crippen molar-refractivity contribution in [2.45, 2.75) is 45.4 Å². The van der Waals surface area contributed by atoms with Gasteiger partial charge in [-0.05, 0) is 57.2 Å². The SMILES string of the molecule is CN1CCCC(CNCC2(C)CCCC2)C1. The highest BCUT2D eigenvalue weighted by molar-refractivity contribution is 4.83. The second kappa shape index (κ2) is 5.50. The molecule has 94 valence electrons. The molecule has 2 rings (SSSR count). The molecule has 0 amide bonds. The van der Waals surface area contributed by atoms with E-state index in [-0.39, 0.29) is 0 Å². The minimum atomic E-state index is 0.612. The fourth-order valence-corrected chi connectivity index (χ4v) is 3.42. The van der Waals surface area contributed by atoms with Crippen molar-refractivity contribution in [3.8, 4) is 0 Å². The lowest BCUT2D eigenvalue weighted by Gasteiger charge is -2.31. The maximum absolute atomic E-state index is 3.73. The fourth-order valence-electron chi connectivity index (χ4n) is 3.42. The first-order valence-corrected chi connectivity index (χ1v) is 7.07. The van der Waals surface area contributed by atoms with Crippen molar-refractivity contribution in [2.75, 3.05) is 33.2 Å². The van der Waals surface area contributed by atoms with Crippen molar-refractivity contribution in [1.29, 1.82) is 0 Å². The smallest absolute Gasteiger partial charge is 0.00187 e. The summed E-state index contributed by atoms with van der Waals surface area (Å²) in [5, 5.41) is 3.73. The van der Waals surface area contributed by atoms with E-state index in [1.165, 1.54) is 64.7 Å². The highest BCUT2D eigenvalue weighted by atomic mass is 15.1. The molecule has 2 aliphatic rings. The summed E-state index contributed by atoms with van der Waals surface area (Å²) in [6, 6.07) is 0. The molecule has 1 atom stereocenters. The molecule has 1 saturated carbocycles. The molecule has 1 heterocycles. The summed E-state index contributed by atoms with van der Waals surface area (Å²) in [6.07, 6.45) is 8.58. The highest BCUT2D eigenvalue weighted by Crippen LogP contribution is 2.36. The monoisotopic (exact) mass is 224 g/mol. The molecule has 1 unspecified atom stereocenters. The van der Waals surface area contributed by atoms with E-state index in [0.29, 0.717) is 5.41 Å². The standard InChI is InChI=1S/C14H28N2/c1-14(7-3-4-8-14)12-15-10-13-6-5-9-16(2)11-13/h13,15H,3-12H2,1-2H3. The molecule has 0 aromatic rings. The Bertz CT molecular complexity index is 209. The zero-order valence-electron chi connectivity index (χ0n) is 11.1. The average molecular weight is 224 g/mol. The third-order valence-corrected chi connectivity index (χ3v) is 4.52. The van der Waals surface area contributed by atoms with Gasteiger partial charge in [0.1, 0.15) is 0 Å². The Labute approximate surface area is 101 Å².